The van der Waals surface area contributed by atoms with Gasteiger partial charge in [-0.1, -0.05) is 23.2 Å². The predicted octanol–water partition coefficient (Wildman–Crippen LogP) is 4.08. The highest BCUT2D eigenvalue weighted by Crippen LogP contribution is 2.42. The lowest BCUT2D eigenvalue weighted by Gasteiger charge is -2.33. The van der Waals surface area contributed by atoms with Crippen molar-refractivity contribution in [1.29, 1.82) is 0 Å². The molecular weight excluding hydrogens is 341 g/mol. The number of carbonyl (C=O) groups excluding carboxylic acids is 1. The maximum Gasteiger partial charge on any atom is 0.329 e. The van der Waals surface area contributed by atoms with Crippen molar-refractivity contribution in [3.8, 4) is 0 Å². The molecule has 1 aromatic carbocycles. The van der Waals surface area contributed by atoms with Crippen LogP contribution in [-0.2, 0) is 14.3 Å². The quantitative estimate of drug-likeness (QED) is 0.795. The Balaban J connectivity index is 2.35. The van der Waals surface area contributed by atoms with Gasteiger partial charge in [0.2, 0.25) is 0 Å². The summed E-state index contributed by atoms with van der Waals surface area (Å²) in [6, 6.07) is 2.58. The van der Waals surface area contributed by atoms with Crippen molar-refractivity contribution in [2.45, 2.75) is 51.2 Å². The van der Waals surface area contributed by atoms with Gasteiger partial charge in [0, 0.05) is 21.7 Å². The Hall–Kier alpha value is -1.46. The minimum atomic E-state index is -0.947. The van der Waals surface area contributed by atoms with Crippen LogP contribution in [0.1, 0.15) is 45.1 Å². The van der Waals surface area contributed by atoms with Gasteiger partial charge in [0.15, 0.2) is 0 Å². The van der Waals surface area contributed by atoms with Crippen LogP contribution in [0.4, 0.5) is 5.69 Å². The van der Waals surface area contributed by atoms with E-state index in [1.807, 2.05) is 0 Å². The molecule has 0 aliphatic carbocycles. The van der Waals surface area contributed by atoms with Crippen LogP contribution in [0, 0.1) is 0 Å². The summed E-state index contributed by atoms with van der Waals surface area (Å²) in [5.74, 6) is -1.75. The topological polar surface area (TPSA) is 75.6 Å². The highest BCUT2D eigenvalue weighted by molar-refractivity contribution is 6.35. The summed E-state index contributed by atoms with van der Waals surface area (Å²) in [5, 5.41) is 13.0. The van der Waals surface area contributed by atoms with Gasteiger partial charge < -0.3 is 15.2 Å². The molecule has 0 spiro atoms. The number of rotatable bonds is 3. The van der Waals surface area contributed by atoms with Crippen LogP contribution in [0.25, 0.3) is 0 Å². The monoisotopic (exact) mass is 359 g/mol. The first-order chi connectivity index (χ1) is 10.6. The van der Waals surface area contributed by atoms with E-state index in [0.29, 0.717) is 27.7 Å². The van der Waals surface area contributed by atoms with E-state index >= 15 is 0 Å². The van der Waals surface area contributed by atoms with Gasteiger partial charge in [-0.25, -0.2) is 4.79 Å². The highest BCUT2D eigenvalue weighted by Gasteiger charge is 2.35. The first-order valence-electron chi connectivity index (χ1n) is 7.27. The molecule has 0 saturated heterocycles. The molecule has 1 aromatic rings. The third-order valence-corrected chi connectivity index (χ3v) is 4.00. The largest absolute Gasteiger partial charge is 0.481 e. The average molecular weight is 360 g/mol. The van der Waals surface area contributed by atoms with E-state index in [2.05, 4.69) is 5.32 Å². The number of ether oxygens (including phenoxy) is 1. The van der Waals surface area contributed by atoms with E-state index < -0.39 is 23.6 Å². The zero-order valence-electron chi connectivity index (χ0n) is 13.2. The number of nitrogens with one attached hydrogen (secondary N) is 1. The lowest BCUT2D eigenvalue weighted by molar-refractivity contribution is -0.156. The summed E-state index contributed by atoms with van der Waals surface area (Å²) in [4.78, 5) is 23.5. The Bertz CT molecular complexity index is 640. The Morgan fingerprint density at radius 3 is 2.57 bits per heavy atom. The Labute approximate surface area is 144 Å². The molecule has 7 heteroatoms. The fourth-order valence-corrected chi connectivity index (χ4v) is 3.34. The molecule has 1 heterocycles. The summed E-state index contributed by atoms with van der Waals surface area (Å²) in [6.45, 7) is 5.35. The van der Waals surface area contributed by atoms with Gasteiger partial charge in [-0.2, -0.15) is 0 Å². The van der Waals surface area contributed by atoms with Gasteiger partial charge in [0.25, 0.3) is 0 Å². The van der Waals surface area contributed by atoms with Gasteiger partial charge in [0.1, 0.15) is 11.6 Å². The average Bonchev–Trinajstić information content (AvgIpc) is 2.34. The molecule has 2 N–H and O–H groups in total. The summed E-state index contributed by atoms with van der Waals surface area (Å²) >= 11 is 12.2. The maximum atomic E-state index is 12.3. The van der Waals surface area contributed by atoms with Crippen molar-refractivity contribution >= 4 is 40.8 Å². The van der Waals surface area contributed by atoms with Crippen LogP contribution < -0.4 is 5.32 Å². The highest BCUT2D eigenvalue weighted by atomic mass is 35.5. The van der Waals surface area contributed by atoms with E-state index in [1.165, 1.54) is 0 Å². The molecule has 23 heavy (non-hydrogen) atoms. The number of hydrogen-bond donors (Lipinski definition) is 2. The molecule has 0 fully saturated rings. The van der Waals surface area contributed by atoms with Gasteiger partial charge >= 0.3 is 11.9 Å². The van der Waals surface area contributed by atoms with Crippen molar-refractivity contribution in [3.63, 3.8) is 0 Å². The molecule has 0 aromatic heterocycles. The van der Waals surface area contributed by atoms with E-state index in [4.69, 9.17) is 33.0 Å². The molecule has 0 bridgehead atoms. The fraction of sp³-hybridized carbons (Fsp3) is 0.500. The third-order valence-electron chi connectivity index (χ3n) is 3.46. The summed E-state index contributed by atoms with van der Waals surface area (Å²) in [7, 11) is 0. The Morgan fingerprint density at radius 2 is 2.00 bits per heavy atom. The number of anilines is 1. The maximum absolute atomic E-state index is 12.3. The molecule has 0 saturated carbocycles. The van der Waals surface area contributed by atoms with E-state index in [9.17, 15) is 9.59 Å². The number of hydrogen-bond acceptors (Lipinski definition) is 4. The van der Waals surface area contributed by atoms with Crippen molar-refractivity contribution in [2.24, 2.45) is 0 Å². The van der Waals surface area contributed by atoms with Crippen LogP contribution in [0.3, 0.4) is 0 Å². The fourth-order valence-electron chi connectivity index (χ4n) is 2.69. The molecule has 0 radical (unpaired) electrons. The van der Waals surface area contributed by atoms with Crippen LogP contribution in [0.15, 0.2) is 12.1 Å². The van der Waals surface area contributed by atoms with Crippen LogP contribution >= 0.6 is 23.2 Å². The van der Waals surface area contributed by atoms with Gasteiger partial charge in [-0.3, -0.25) is 4.79 Å². The zero-order chi connectivity index (χ0) is 17.4. The van der Waals surface area contributed by atoms with Gasteiger partial charge in [0.05, 0.1) is 6.42 Å². The van der Waals surface area contributed by atoms with Crippen LogP contribution in [0.5, 0.6) is 0 Å². The molecule has 0 unspecified atom stereocenters. The van der Waals surface area contributed by atoms with Crippen molar-refractivity contribution < 1.29 is 19.4 Å². The molecule has 5 nitrogen and oxygen atoms in total. The molecule has 0 amide bonds. The minimum absolute atomic E-state index is 0.116. The lowest BCUT2D eigenvalue weighted by atomic mass is 9.84. The third kappa shape index (κ3) is 4.52. The number of fused-ring (bicyclic) bond motifs is 1. The second-order valence-corrected chi connectivity index (χ2v) is 7.45. The summed E-state index contributed by atoms with van der Waals surface area (Å²) < 4.78 is 5.39. The molecule has 1 aliphatic rings. The predicted molar refractivity (Wildman–Crippen MR) is 89.3 cm³/mol. The summed E-state index contributed by atoms with van der Waals surface area (Å²) in [6.07, 6.45) is 0.185. The number of benzene rings is 1. The number of carboxylic acid groups (broad SMARTS) is 1. The van der Waals surface area contributed by atoms with Gasteiger partial charge in [-0.05, 0) is 44.9 Å². The smallest absolute Gasteiger partial charge is 0.329 e. The zero-order valence-corrected chi connectivity index (χ0v) is 14.7. The standard InChI is InChI=1S/C16H19Cl2NO4/c1-16(2,3)23-15(22)12-4-8(5-13(20)21)14-10(18)6-9(17)7-11(14)19-12/h6-8,12,19H,4-5H2,1-3H3,(H,20,21)/t8-,12-/m0/s1. The van der Waals surface area contributed by atoms with Crippen molar-refractivity contribution in [2.75, 3.05) is 5.32 Å². The first kappa shape index (κ1) is 17.9. The van der Waals surface area contributed by atoms with Crippen molar-refractivity contribution in [3.05, 3.63) is 27.7 Å². The first-order valence-corrected chi connectivity index (χ1v) is 8.02. The number of esters is 1. The van der Waals surface area contributed by atoms with Crippen LogP contribution in [-0.4, -0.2) is 28.7 Å². The van der Waals surface area contributed by atoms with E-state index in [0.717, 1.165) is 0 Å². The number of carboxylic acids is 1. The van der Waals surface area contributed by atoms with E-state index in [1.54, 1.807) is 32.9 Å². The number of halogens is 2. The molecule has 2 atom stereocenters. The minimum Gasteiger partial charge on any atom is -0.481 e. The molecular formula is C16H19Cl2NO4. The van der Waals surface area contributed by atoms with Gasteiger partial charge in [-0.15, -0.1) is 0 Å². The van der Waals surface area contributed by atoms with E-state index in [-0.39, 0.29) is 12.3 Å². The van der Waals surface area contributed by atoms with Crippen LogP contribution in [0.2, 0.25) is 10.0 Å². The SMILES string of the molecule is CC(C)(C)OC(=O)[C@@H]1C[C@@H](CC(=O)O)c2c(Cl)cc(Cl)cc2N1. The number of carbonyl (C=O) groups is 2. The number of aliphatic carboxylic acids is 1. The van der Waals surface area contributed by atoms with Crippen molar-refractivity contribution in [1.82, 2.24) is 0 Å². The second-order valence-electron chi connectivity index (χ2n) is 6.61. The summed E-state index contributed by atoms with van der Waals surface area (Å²) in [5.41, 5.74) is 0.641. The Morgan fingerprint density at radius 1 is 1.35 bits per heavy atom. The molecule has 126 valence electrons. The second kappa shape index (κ2) is 6.57. The Kier molecular flexibility index (Phi) is 5.11. The molecule has 1 aliphatic heterocycles. The normalized spacial score (nSPS) is 20.4. The molecule has 2 rings (SSSR count). The lowest BCUT2D eigenvalue weighted by Crippen LogP contribution is -2.40.